The van der Waals surface area contributed by atoms with Crippen molar-refractivity contribution >= 4 is 17.3 Å². The highest BCUT2D eigenvalue weighted by atomic mass is 35.5. The topological polar surface area (TPSA) is 21.3 Å². The Morgan fingerprint density at radius 2 is 2.00 bits per heavy atom. The van der Waals surface area contributed by atoms with Gasteiger partial charge in [-0.3, -0.25) is 0 Å². The van der Waals surface area contributed by atoms with Gasteiger partial charge in [-0.15, -0.1) is 0 Å². The highest BCUT2D eigenvalue weighted by Crippen LogP contribution is 2.24. The second-order valence-corrected chi connectivity index (χ2v) is 4.44. The summed E-state index contributed by atoms with van der Waals surface area (Å²) in [5.74, 6) is 0.387. The van der Waals surface area contributed by atoms with Gasteiger partial charge in [-0.25, -0.2) is 4.39 Å². The zero-order valence-corrected chi connectivity index (χ0v) is 11.4. The third-order valence-electron chi connectivity index (χ3n) is 2.65. The van der Waals surface area contributed by atoms with Gasteiger partial charge >= 0.3 is 0 Å². The van der Waals surface area contributed by atoms with Crippen molar-refractivity contribution in [3.05, 3.63) is 58.9 Å². The van der Waals surface area contributed by atoms with Crippen LogP contribution in [0.15, 0.2) is 42.5 Å². The summed E-state index contributed by atoms with van der Waals surface area (Å²) in [6.07, 6.45) is 0. The third kappa shape index (κ3) is 3.61. The largest absolute Gasteiger partial charge is 0.492 e. The zero-order chi connectivity index (χ0) is 13.7. The molecule has 19 heavy (non-hydrogen) atoms. The lowest BCUT2D eigenvalue weighted by atomic mass is 10.2. The number of nitrogens with one attached hydrogen (secondary N) is 1. The van der Waals surface area contributed by atoms with Gasteiger partial charge in [-0.2, -0.15) is 0 Å². The first-order valence-electron chi connectivity index (χ1n) is 6.10. The third-order valence-corrected chi connectivity index (χ3v) is 2.96. The van der Waals surface area contributed by atoms with Crippen molar-refractivity contribution in [3.63, 3.8) is 0 Å². The van der Waals surface area contributed by atoms with Crippen LogP contribution in [0, 0.1) is 5.82 Å². The number of ether oxygens (including phenoxy) is 1. The molecule has 0 radical (unpaired) electrons. The molecule has 0 bridgehead atoms. The van der Waals surface area contributed by atoms with Gasteiger partial charge < -0.3 is 10.1 Å². The molecule has 0 amide bonds. The second kappa shape index (κ2) is 6.43. The van der Waals surface area contributed by atoms with Crippen molar-refractivity contribution in [2.45, 2.75) is 13.5 Å². The number of para-hydroxylation sites is 2. The molecule has 4 heteroatoms. The van der Waals surface area contributed by atoms with E-state index >= 15 is 0 Å². The molecule has 0 aliphatic carbocycles. The summed E-state index contributed by atoms with van der Waals surface area (Å²) in [5.41, 5.74) is 1.72. The molecule has 0 unspecified atom stereocenters. The molecule has 0 aliphatic rings. The quantitative estimate of drug-likeness (QED) is 0.871. The number of halogens is 2. The number of hydrogen-bond acceptors (Lipinski definition) is 2. The first-order chi connectivity index (χ1) is 9.20. The minimum absolute atomic E-state index is 0.137. The van der Waals surface area contributed by atoms with Crippen LogP contribution in [0.4, 0.5) is 10.1 Å². The molecular formula is C15H15ClFNO. The van der Waals surface area contributed by atoms with Crippen molar-refractivity contribution in [2.24, 2.45) is 0 Å². The predicted octanol–water partition coefficient (Wildman–Crippen LogP) is 4.49. The number of benzene rings is 2. The lowest BCUT2D eigenvalue weighted by molar-refractivity contribution is 0.341. The Kier molecular flexibility index (Phi) is 4.63. The van der Waals surface area contributed by atoms with E-state index < -0.39 is 5.82 Å². The predicted molar refractivity (Wildman–Crippen MR) is 76.3 cm³/mol. The van der Waals surface area contributed by atoms with Gasteiger partial charge in [-0.1, -0.05) is 29.8 Å². The van der Waals surface area contributed by atoms with Crippen molar-refractivity contribution in [1.82, 2.24) is 0 Å². The summed E-state index contributed by atoms with van der Waals surface area (Å²) < 4.78 is 18.8. The Morgan fingerprint density at radius 3 is 2.74 bits per heavy atom. The smallest absolute Gasteiger partial charge is 0.142 e. The first-order valence-corrected chi connectivity index (χ1v) is 6.48. The van der Waals surface area contributed by atoms with E-state index in [0.29, 0.717) is 13.2 Å². The molecule has 0 aromatic heterocycles. The van der Waals surface area contributed by atoms with Gasteiger partial charge in [0.2, 0.25) is 0 Å². The summed E-state index contributed by atoms with van der Waals surface area (Å²) in [6, 6.07) is 12.4. The summed E-state index contributed by atoms with van der Waals surface area (Å²) in [5, 5.41) is 3.36. The van der Waals surface area contributed by atoms with Crippen LogP contribution in [-0.4, -0.2) is 6.61 Å². The zero-order valence-electron chi connectivity index (χ0n) is 10.6. The number of rotatable bonds is 5. The monoisotopic (exact) mass is 279 g/mol. The molecule has 2 rings (SSSR count). The minimum atomic E-state index is -0.404. The Hall–Kier alpha value is -1.74. The maximum Gasteiger partial charge on any atom is 0.142 e. The van der Waals surface area contributed by atoms with Gasteiger partial charge in [0.25, 0.3) is 0 Å². The molecule has 0 heterocycles. The van der Waals surface area contributed by atoms with Gasteiger partial charge in [0.1, 0.15) is 11.6 Å². The molecule has 100 valence electrons. The van der Waals surface area contributed by atoms with Crippen molar-refractivity contribution < 1.29 is 9.13 Å². The standard InChI is InChI=1S/C15H15ClFNO/c1-2-19-15-6-4-3-5-14(15)18-10-11-7-8-12(16)13(17)9-11/h3-9,18H,2,10H2,1H3. The van der Waals surface area contributed by atoms with E-state index in [1.807, 2.05) is 31.2 Å². The fraction of sp³-hybridized carbons (Fsp3) is 0.200. The lowest BCUT2D eigenvalue weighted by Gasteiger charge is -2.12. The average molecular weight is 280 g/mol. The maximum absolute atomic E-state index is 13.3. The van der Waals surface area contributed by atoms with E-state index in [1.165, 1.54) is 6.07 Å². The second-order valence-electron chi connectivity index (χ2n) is 4.03. The van der Waals surface area contributed by atoms with E-state index in [4.69, 9.17) is 16.3 Å². The summed E-state index contributed by atoms with van der Waals surface area (Å²) in [6.45, 7) is 3.05. The first kappa shape index (κ1) is 13.7. The lowest BCUT2D eigenvalue weighted by Crippen LogP contribution is -2.03. The highest BCUT2D eigenvalue weighted by Gasteiger charge is 2.04. The average Bonchev–Trinajstić information content (AvgIpc) is 2.42. The van der Waals surface area contributed by atoms with Crippen LogP contribution in [0.2, 0.25) is 5.02 Å². The van der Waals surface area contributed by atoms with Gasteiger partial charge in [0.05, 0.1) is 17.3 Å². The van der Waals surface area contributed by atoms with Gasteiger partial charge in [0.15, 0.2) is 0 Å². The Balaban J connectivity index is 2.07. The van der Waals surface area contributed by atoms with Crippen LogP contribution in [0.5, 0.6) is 5.75 Å². The Bertz CT molecular complexity index is 560. The van der Waals surface area contributed by atoms with Crippen LogP contribution >= 0.6 is 11.6 Å². The highest BCUT2D eigenvalue weighted by molar-refractivity contribution is 6.30. The number of anilines is 1. The molecule has 1 N–H and O–H groups in total. The fourth-order valence-corrected chi connectivity index (χ4v) is 1.86. The van der Waals surface area contributed by atoms with Crippen LogP contribution in [0.3, 0.4) is 0 Å². The minimum Gasteiger partial charge on any atom is -0.492 e. The molecule has 0 saturated carbocycles. The maximum atomic E-state index is 13.3. The fourth-order valence-electron chi connectivity index (χ4n) is 1.74. The molecule has 0 aliphatic heterocycles. The van der Waals surface area contributed by atoms with E-state index in [9.17, 15) is 4.39 Å². The molecule has 0 saturated heterocycles. The SMILES string of the molecule is CCOc1ccccc1NCc1ccc(Cl)c(F)c1. The molecule has 2 nitrogen and oxygen atoms in total. The number of hydrogen-bond donors (Lipinski definition) is 1. The van der Waals surface area contributed by atoms with Crippen molar-refractivity contribution in [1.29, 1.82) is 0 Å². The molecule has 0 atom stereocenters. The van der Waals surface area contributed by atoms with Crippen molar-refractivity contribution in [2.75, 3.05) is 11.9 Å². The molecule has 0 spiro atoms. The Labute approximate surface area is 117 Å². The summed E-state index contributed by atoms with van der Waals surface area (Å²) in [4.78, 5) is 0. The van der Waals surface area contributed by atoms with Crippen LogP contribution in [0.1, 0.15) is 12.5 Å². The van der Waals surface area contributed by atoms with Crippen LogP contribution in [0.25, 0.3) is 0 Å². The van der Waals surface area contributed by atoms with Crippen molar-refractivity contribution in [3.8, 4) is 5.75 Å². The molecule has 2 aromatic carbocycles. The Morgan fingerprint density at radius 1 is 1.21 bits per heavy atom. The van der Waals surface area contributed by atoms with Gasteiger partial charge in [0, 0.05) is 6.54 Å². The normalized spacial score (nSPS) is 10.3. The van der Waals surface area contributed by atoms with E-state index in [1.54, 1.807) is 12.1 Å². The summed E-state index contributed by atoms with van der Waals surface area (Å²) >= 11 is 5.65. The van der Waals surface area contributed by atoms with Gasteiger partial charge in [-0.05, 0) is 36.8 Å². The summed E-state index contributed by atoms with van der Waals surface area (Å²) in [7, 11) is 0. The van der Waals surface area contributed by atoms with Crippen LogP contribution < -0.4 is 10.1 Å². The molecule has 2 aromatic rings. The molecular weight excluding hydrogens is 265 g/mol. The van der Waals surface area contributed by atoms with E-state index in [2.05, 4.69) is 5.32 Å². The van der Waals surface area contributed by atoms with E-state index in [0.717, 1.165) is 17.0 Å². The molecule has 0 fully saturated rings. The van der Waals surface area contributed by atoms with E-state index in [-0.39, 0.29) is 5.02 Å². The van der Waals surface area contributed by atoms with Crippen LogP contribution in [-0.2, 0) is 6.54 Å².